The summed E-state index contributed by atoms with van der Waals surface area (Å²) in [4.78, 5) is 41.5. The lowest BCUT2D eigenvalue weighted by atomic mass is 10.0. The van der Waals surface area contributed by atoms with E-state index in [0.29, 0.717) is 67.1 Å². The zero-order valence-electron chi connectivity index (χ0n) is 21.8. The SMILES string of the molecule is O=C(c1ccc(F)c(-c2cc(Nc3ccc(N4CCC(O)CC4)cn3)c3c(=O)[nH]ccc3n2)c1)N1CCOCC1. The maximum absolute atomic E-state index is 15.1. The van der Waals surface area contributed by atoms with Gasteiger partial charge in [0.15, 0.2) is 0 Å². The van der Waals surface area contributed by atoms with Crippen LogP contribution in [0, 0.1) is 5.82 Å². The van der Waals surface area contributed by atoms with Gasteiger partial charge in [-0.3, -0.25) is 9.59 Å². The van der Waals surface area contributed by atoms with Crippen molar-refractivity contribution in [2.24, 2.45) is 0 Å². The van der Waals surface area contributed by atoms with Crippen molar-refractivity contribution in [2.45, 2.75) is 18.9 Å². The topological polar surface area (TPSA) is 124 Å². The van der Waals surface area contributed by atoms with Crippen LogP contribution >= 0.6 is 0 Å². The van der Waals surface area contributed by atoms with E-state index in [0.717, 1.165) is 18.8 Å². The van der Waals surface area contributed by atoms with E-state index in [1.807, 2.05) is 12.1 Å². The van der Waals surface area contributed by atoms with Crippen LogP contribution in [0.4, 0.5) is 21.6 Å². The molecule has 40 heavy (non-hydrogen) atoms. The van der Waals surface area contributed by atoms with Crippen LogP contribution in [0.2, 0.25) is 0 Å². The highest BCUT2D eigenvalue weighted by Crippen LogP contribution is 2.31. The monoisotopic (exact) mass is 544 g/mol. The number of carbonyl (C=O) groups is 1. The average molecular weight is 545 g/mol. The number of anilines is 3. The van der Waals surface area contributed by atoms with Crippen molar-refractivity contribution in [3.05, 3.63) is 76.6 Å². The molecule has 2 saturated heterocycles. The second-order valence-electron chi connectivity index (χ2n) is 9.97. The minimum Gasteiger partial charge on any atom is -0.393 e. The Morgan fingerprint density at radius 2 is 1.88 bits per heavy atom. The molecule has 0 radical (unpaired) electrons. The van der Waals surface area contributed by atoms with Gasteiger partial charge in [-0.15, -0.1) is 0 Å². The molecule has 0 saturated carbocycles. The molecule has 3 aromatic heterocycles. The molecular weight excluding hydrogens is 515 g/mol. The first-order valence-corrected chi connectivity index (χ1v) is 13.3. The number of hydrogen-bond acceptors (Lipinski definition) is 8. The Labute approximate surface area is 229 Å². The van der Waals surface area contributed by atoms with Gasteiger partial charge >= 0.3 is 0 Å². The lowest BCUT2D eigenvalue weighted by Crippen LogP contribution is -2.40. The molecule has 6 rings (SSSR count). The highest BCUT2D eigenvalue weighted by molar-refractivity contribution is 5.97. The van der Waals surface area contributed by atoms with Gasteiger partial charge in [-0.25, -0.2) is 14.4 Å². The summed E-state index contributed by atoms with van der Waals surface area (Å²) < 4.78 is 20.5. The zero-order chi connectivity index (χ0) is 27.6. The van der Waals surface area contributed by atoms with Crippen LogP contribution in [0.15, 0.2) is 59.7 Å². The maximum atomic E-state index is 15.1. The highest BCUT2D eigenvalue weighted by atomic mass is 19.1. The van der Waals surface area contributed by atoms with Gasteiger partial charge in [-0.05, 0) is 55.3 Å². The molecule has 2 aliphatic rings. The Hall–Kier alpha value is -4.35. The number of nitrogens with one attached hydrogen (secondary N) is 2. The Morgan fingerprint density at radius 1 is 1.07 bits per heavy atom. The number of ether oxygens (including phenoxy) is 1. The van der Waals surface area contributed by atoms with E-state index >= 15 is 4.39 Å². The van der Waals surface area contributed by atoms with Crippen LogP contribution in [-0.2, 0) is 4.74 Å². The Bertz CT molecular complexity index is 1590. The van der Waals surface area contributed by atoms with Gasteiger partial charge in [0, 0.05) is 43.5 Å². The molecular formula is C29H29FN6O4. The second kappa shape index (κ2) is 11.0. The van der Waals surface area contributed by atoms with E-state index in [1.54, 1.807) is 23.2 Å². The normalized spacial score (nSPS) is 16.4. The zero-order valence-corrected chi connectivity index (χ0v) is 21.8. The number of amides is 1. The van der Waals surface area contributed by atoms with Gasteiger partial charge in [0.2, 0.25) is 0 Å². The van der Waals surface area contributed by atoms with Crippen LogP contribution < -0.4 is 15.8 Å². The first-order chi connectivity index (χ1) is 19.5. The fourth-order valence-electron chi connectivity index (χ4n) is 5.14. The number of carbonyl (C=O) groups excluding carboxylic acids is 1. The van der Waals surface area contributed by atoms with Crippen molar-refractivity contribution < 1.29 is 19.0 Å². The third-order valence-corrected chi connectivity index (χ3v) is 7.36. The summed E-state index contributed by atoms with van der Waals surface area (Å²) in [5, 5.41) is 13.3. The number of rotatable bonds is 5. The number of nitrogens with zero attached hydrogens (tertiary/aromatic N) is 4. The summed E-state index contributed by atoms with van der Waals surface area (Å²) in [6.45, 7) is 3.38. The van der Waals surface area contributed by atoms with Crippen molar-refractivity contribution in [1.29, 1.82) is 0 Å². The predicted octanol–water partition coefficient (Wildman–Crippen LogP) is 3.30. The average Bonchev–Trinajstić information content (AvgIpc) is 2.98. The van der Waals surface area contributed by atoms with E-state index in [9.17, 15) is 14.7 Å². The largest absolute Gasteiger partial charge is 0.393 e. The number of aromatic nitrogens is 3. The number of morpholine rings is 1. The third-order valence-electron chi connectivity index (χ3n) is 7.36. The van der Waals surface area contributed by atoms with Crippen molar-refractivity contribution >= 4 is 34.0 Å². The van der Waals surface area contributed by atoms with E-state index in [2.05, 4.69) is 25.2 Å². The minimum atomic E-state index is -0.532. The smallest absolute Gasteiger partial charge is 0.259 e. The first-order valence-electron chi connectivity index (χ1n) is 13.3. The van der Waals surface area contributed by atoms with Crippen LogP contribution in [-0.4, -0.2) is 76.4 Å². The summed E-state index contributed by atoms with van der Waals surface area (Å²) in [5.74, 6) is -0.234. The van der Waals surface area contributed by atoms with E-state index < -0.39 is 5.82 Å². The lowest BCUT2D eigenvalue weighted by Gasteiger charge is -2.31. The van der Waals surface area contributed by atoms with Crippen molar-refractivity contribution in [3.8, 4) is 11.3 Å². The Balaban J connectivity index is 1.34. The molecule has 0 atom stereocenters. The summed E-state index contributed by atoms with van der Waals surface area (Å²) in [5.41, 5.74) is 2.16. The molecule has 1 aromatic carbocycles. The second-order valence-corrected chi connectivity index (χ2v) is 9.97. The van der Waals surface area contributed by atoms with E-state index in [4.69, 9.17) is 4.74 Å². The molecule has 0 aliphatic carbocycles. The maximum Gasteiger partial charge on any atom is 0.259 e. The summed E-state index contributed by atoms with van der Waals surface area (Å²) >= 11 is 0. The van der Waals surface area contributed by atoms with Gasteiger partial charge in [0.25, 0.3) is 11.5 Å². The lowest BCUT2D eigenvalue weighted by molar-refractivity contribution is 0.0303. The minimum absolute atomic E-state index is 0.153. The summed E-state index contributed by atoms with van der Waals surface area (Å²) in [7, 11) is 0. The number of benzene rings is 1. The van der Waals surface area contributed by atoms with Crippen molar-refractivity contribution in [3.63, 3.8) is 0 Å². The molecule has 206 valence electrons. The van der Waals surface area contributed by atoms with Gasteiger partial charge in [0.1, 0.15) is 11.6 Å². The van der Waals surface area contributed by atoms with Crippen LogP contribution in [0.3, 0.4) is 0 Å². The van der Waals surface area contributed by atoms with Crippen LogP contribution in [0.1, 0.15) is 23.2 Å². The molecule has 0 unspecified atom stereocenters. The Morgan fingerprint density at radius 3 is 2.62 bits per heavy atom. The molecule has 2 aliphatic heterocycles. The number of aliphatic hydroxyl groups excluding tert-OH is 1. The van der Waals surface area contributed by atoms with Crippen molar-refractivity contribution in [1.82, 2.24) is 19.9 Å². The van der Waals surface area contributed by atoms with Crippen LogP contribution in [0.5, 0.6) is 0 Å². The molecule has 2 fully saturated rings. The number of pyridine rings is 3. The van der Waals surface area contributed by atoms with Gasteiger partial charge in [-0.1, -0.05) is 0 Å². The van der Waals surface area contributed by atoms with Crippen LogP contribution in [0.25, 0.3) is 22.2 Å². The molecule has 3 N–H and O–H groups in total. The molecule has 5 heterocycles. The van der Waals surface area contributed by atoms with Gasteiger partial charge < -0.3 is 29.9 Å². The first kappa shape index (κ1) is 25.9. The standard InChI is InChI=1S/C29H29FN6O4/c30-22-3-1-18(29(39)36-11-13-40-14-12-36)15-21(22)24-16-25(27-23(33-24)5-8-31-28(27)38)34-26-4-2-19(17-32-26)35-9-6-20(37)7-10-35/h1-5,8,15-17,20,37H,6-7,9-14H2,(H,31,38)(H,32,33,34). The third kappa shape index (κ3) is 5.25. The molecule has 4 aromatic rings. The number of H-pyrrole nitrogens is 1. The molecule has 0 spiro atoms. The number of hydrogen-bond donors (Lipinski definition) is 3. The Kier molecular flexibility index (Phi) is 7.14. The van der Waals surface area contributed by atoms with Gasteiger partial charge in [0.05, 0.1) is 53.5 Å². The number of fused-ring (bicyclic) bond motifs is 1. The van der Waals surface area contributed by atoms with E-state index in [1.165, 1.54) is 24.4 Å². The van der Waals surface area contributed by atoms with Crippen molar-refractivity contribution in [2.75, 3.05) is 49.6 Å². The number of halogens is 1. The molecule has 0 bridgehead atoms. The predicted molar refractivity (Wildman–Crippen MR) is 149 cm³/mol. The quantitative estimate of drug-likeness (QED) is 0.350. The fourth-order valence-corrected chi connectivity index (χ4v) is 5.14. The molecule has 10 nitrogen and oxygen atoms in total. The summed E-state index contributed by atoms with van der Waals surface area (Å²) in [6.07, 6.45) is 4.40. The fraction of sp³-hybridized carbons (Fsp3) is 0.310. The highest BCUT2D eigenvalue weighted by Gasteiger charge is 2.22. The molecule has 11 heteroatoms. The molecule has 1 amide bonds. The number of aliphatic hydroxyl groups is 1. The number of piperidine rings is 1. The van der Waals surface area contributed by atoms with Gasteiger partial charge in [-0.2, -0.15) is 0 Å². The summed E-state index contributed by atoms with van der Waals surface area (Å²) in [6, 6.07) is 11.2. The number of aromatic amines is 1. The van der Waals surface area contributed by atoms with E-state index in [-0.39, 0.29) is 28.8 Å².